The average molecular weight is 201 g/mol. The highest BCUT2D eigenvalue weighted by Crippen LogP contribution is 2.05. The van der Waals surface area contributed by atoms with Crippen molar-refractivity contribution in [2.24, 2.45) is 0 Å². The van der Waals surface area contributed by atoms with Gasteiger partial charge in [-0.25, -0.2) is 0 Å². The average Bonchev–Trinajstić information content (AvgIpc) is 2.71. The number of benzene rings is 1. The van der Waals surface area contributed by atoms with Gasteiger partial charge in [-0.15, -0.1) is 0 Å². The van der Waals surface area contributed by atoms with Crippen LogP contribution in [0.25, 0.3) is 0 Å². The molecule has 76 valence electrons. The zero-order valence-electron chi connectivity index (χ0n) is 8.05. The Kier molecular flexibility index (Phi) is 2.41. The molecule has 0 atom stereocenters. The van der Waals surface area contributed by atoms with Crippen molar-refractivity contribution in [2.45, 2.75) is 0 Å². The minimum Gasteiger partial charge on any atom is -0.399 e. The van der Waals surface area contributed by atoms with Crippen molar-refractivity contribution in [3.05, 3.63) is 54.4 Å². The third kappa shape index (κ3) is 2.17. The van der Waals surface area contributed by atoms with Crippen molar-refractivity contribution >= 4 is 11.6 Å². The maximum atomic E-state index is 11.7. The highest BCUT2D eigenvalue weighted by molar-refractivity contribution is 6.00. The number of nitrogens with one attached hydrogen (secondary N) is 1. The minimum atomic E-state index is -0.161. The molecule has 0 spiro atoms. The van der Waals surface area contributed by atoms with Gasteiger partial charge in [-0.05, 0) is 36.4 Å². The molecule has 1 heterocycles. The lowest BCUT2D eigenvalue weighted by atomic mass is 10.2. The van der Waals surface area contributed by atoms with Crippen molar-refractivity contribution in [2.75, 3.05) is 11.2 Å². The first-order chi connectivity index (χ1) is 7.25. The first-order valence-electron chi connectivity index (χ1n) is 4.55. The molecule has 0 fully saturated rings. The predicted octanol–water partition coefficient (Wildman–Crippen LogP) is 1.45. The molecule has 15 heavy (non-hydrogen) atoms. The SMILES string of the molecule is Nc1ccc(C(=O)Nn2cccc2)cc1. The Balaban J connectivity index is 2.11. The number of carbonyl (C=O) groups is 1. The van der Waals surface area contributed by atoms with E-state index in [0.29, 0.717) is 11.3 Å². The first-order valence-corrected chi connectivity index (χ1v) is 4.55. The minimum absolute atomic E-state index is 0.161. The van der Waals surface area contributed by atoms with Gasteiger partial charge in [-0.2, -0.15) is 0 Å². The standard InChI is InChI=1S/C11H11N3O/c12-10-5-3-9(4-6-10)11(15)13-14-7-1-2-8-14/h1-8H,12H2,(H,13,15). The lowest BCUT2D eigenvalue weighted by Gasteiger charge is -2.05. The van der Waals surface area contributed by atoms with E-state index in [2.05, 4.69) is 5.43 Å². The summed E-state index contributed by atoms with van der Waals surface area (Å²) in [6.07, 6.45) is 3.52. The monoisotopic (exact) mass is 201 g/mol. The molecular formula is C11H11N3O. The van der Waals surface area contributed by atoms with Crippen LogP contribution in [0.4, 0.5) is 5.69 Å². The van der Waals surface area contributed by atoms with Crippen molar-refractivity contribution < 1.29 is 4.79 Å². The number of nitrogen functional groups attached to an aromatic ring is 1. The van der Waals surface area contributed by atoms with E-state index in [1.165, 1.54) is 0 Å². The number of rotatable bonds is 2. The number of nitrogens with two attached hydrogens (primary N) is 1. The third-order valence-corrected chi connectivity index (χ3v) is 2.01. The largest absolute Gasteiger partial charge is 0.399 e. The Hall–Kier alpha value is -2.23. The van der Waals surface area contributed by atoms with Crippen LogP contribution < -0.4 is 11.2 Å². The Morgan fingerprint density at radius 1 is 1.13 bits per heavy atom. The van der Waals surface area contributed by atoms with E-state index in [1.54, 1.807) is 41.3 Å². The molecule has 2 aromatic rings. The fourth-order valence-electron chi connectivity index (χ4n) is 1.23. The van der Waals surface area contributed by atoms with Gasteiger partial charge in [0.1, 0.15) is 0 Å². The van der Waals surface area contributed by atoms with Crippen LogP contribution in [0.3, 0.4) is 0 Å². The van der Waals surface area contributed by atoms with Gasteiger partial charge < -0.3 is 5.73 Å². The van der Waals surface area contributed by atoms with Crippen LogP contribution >= 0.6 is 0 Å². The van der Waals surface area contributed by atoms with Crippen molar-refractivity contribution in [1.29, 1.82) is 0 Å². The predicted molar refractivity (Wildman–Crippen MR) is 59.0 cm³/mol. The van der Waals surface area contributed by atoms with Crippen LogP contribution in [0.15, 0.2) is 48.8 Å². The van der Waals surface area contributed by atoms with Crippen LogP contribution in [-0.2, 0) is 0 Å². The number of amides is 1. The summed E-state index contributed by atoms with van der Waals surface area (Å²) in [5.74, 6) is -0.161. The summed E-state index contributed by atoms with van der Waals surface area (Å²) >= 11 is 0. The molecule has 0 unspecified atom stereocenters. The summed E-state index contributed by atoms with van der Waals surface area (Å²) in [6.45, 7) is 0. The molecule has 1 amide bonds. The maximum absolute atomic E-state index is 11.7. The number of aromatic nitrogens is 1. The second kappa shape index (κ2) is 3.88. The molecule has 0 aliphatic heterocycles. The molecule has 0 aliphatic rings. The molecule has 0 aliphatic carbocycles. The zero-order valence-corrected chi connectivity index (χ0v) is 8.05. The molecule has 0 saturated heterocycles. The van der Waals surface area contributed by atoms with Crippen molar-refractivity contribution in [3.8, 4) is 0 Å². The fourth-order valence-corrected chi connectivity index (χ4v) is 1.23. The summed E-state index contributed by atoms with van der Waals surface area (Å²) in [4.78, 5) is 11.7. The number of anilines is 1. The highest BCUT2D eigenvalue weighted by atomic mass is 16.2. The normalized spacial score (nSPS) is 9.87. The molecule has 0 saturated carbocycles. The van der Waals surface area contributed by atoms with E-state index in [9.17, 15) is 4.79 Å². The number of carbonyl (C=O) groups excluding carboxylic acids is 1. The molecule has 2 rings (SSSR count). The van der Waals surface area contributed by atoms with Gasteiger partial charge in [0.2, 0.25) is 0 Å². The molecule has 3 N–H and O–H groups in total. The molecule has 1 aromatic heterocycles. The van der Waals surface area contributed by atoms with Crippen LogP contribution in [0, 0.1) is 0 Å². The lowest BCUT2D eigenvalue weighted by Crippen LogP contribution is -2.21. The summed E-state index contributed by atoms with van der Waals surface area (Å²) < 4.78 is 1.60. The van der Waals surface area contributed by atoms with Crippen LogP contribution in [0.1, 0.15) is 10.4 Å². The quantitative estimate of drug-likeness (QED) is 0.722. The summed E-state index contributed by atoms with van der Waals surface area (Å²) in [5.41, 5.74) is 9.45. The second-order valence-electron chi connectivity index (χ2n) is 3.15. The van der Waals surface area contributed by atoms with E-state index in [-0.39, 0.29) is 5.91 Å². The van der Waals surface area contributed by atoms with Crippen LogP contribution in [-0.4, -0.2) is 10.6 Å². The van der Waals surface area contributed by atoms with Crippen LogP contribution in [0.5, 0.6) is 0 Å². The smallest absolute Gasteiger partial charge is 0.270 e. The Labute approximate surface area is 87.3 Å². The van der Waals surface area contributed by atoms with E-state index < -0.39 is 0 Å². The molecule has 1 aromatic carbocycles. The summed E-state index contributed by atoms with van der Waals surface area (Å²) in [6, 6.07) is 10.4. The number of hydrogen-bond donors (Lipinski definition) is 2. The van der Waals surface area contributed by atoms with Gasteiger partial charge in [0, 0.05) is 23.6 Å². The zero-order chi connectivity index (χ0) is 10.7. The molecule has 0 bridgehead atoms. The summed E-state index contributed by atoms with van der Waals surface area (Å²) in [5, 5.41) is 0. The van der Waals surface area contributed by atoms with Crippen molar-refractivity contribution in [1.82, 2.24) is 4.68 Å². The van der Waals surface area contributed by atoms with Gasteiger partial charge >= 0.3 is 0 Å². The molecular weight excluding hydrogens is 190 g/mol. The fraction of sp³-hybridized carbons (Fsp3) is 0. The van der Waals surface area contributed by atoms with E-state index in [0.717, 1.165) is 0 Å². The Morgan fingerprint density at radius 3 is 2.33 bits per heavy atom. The number of nitrogens with zero attached hydrogens (tertiary/aromatic N) is 1. The van der Waals surface area contributed by atoms with Crippen molar-refractivity contribution in [3.63, 3.8) is 0 Å². The van der Waals surface area contributed by atoms with E-state index in [4.69, 9.17) is 5.73 Å². The van der Waals surface area contributed by atoms with Crippen LogP contribution in [0.2, 0.25) is 0 Å². The Bertz CT molecular complexity index is 445. The van der Waals surface area contributed by atoms with E-state index in [1.807, 2.05) is 12.1 Å². The molecule has 4 heteroatoms. The number of hydrogen-bond acceptors (Lipinski definition) is 2. The van der Waals surface area contributed by atoms with Gasteiger partial charge in [0.25, 0.3) is 5.91 Å². The van der Waals surface area contributed by atoms with Gasteiger partial charge in [-0.1, -0.05) is 0 Å². The maximum Gasteiger partial charge on any atom is 0.270 e. The van der Waals surface area contributed by atoms with Gasteiger partial charge in [0.05, 0.1) is 0 Å². The van der Waals surface area contributed by atoms with E-state index >= 15 is 0 Å². The first kappa shape index (κ1) is 9.33. The lowest BCUT2D eigenvalue weighted by molar-refractivity contribution is 0.101. The third-order valence-electron chi connectivity index (χ3n) is 2.01. The highest BCUT2D eigenvalue weighted by Gasteiger charge is 2.03. The van der Waals surface area contributed by atoms with Gasteiger partial charge in [-0.3, -0.25) is 14.9 Å². The second-order valence-corrected chi connectivity index (χ2v) is 3.15. The topological polar surface area (TPSA) is 60.1 Å². The molecule has 4 nitrogen and oxygen atoms in total. The molecule has 0 radical (unpaired) electrons. The summed E-state index contributed by atoms with van der Waals surface area (Å²) in [7, 11) is 0. The Morgan fingerprint density at radius 2 is 1.73 bits per heavy atom. The van der Waals surface area contributed by atoms with Gasteiger partial charge in [0.15, 0.2) is 0 Å².